The van der Waals surface area contributed by atoms with Gasteiger partial charge in [0.15, 0.2) is 15.3 Å². The molecule has 216 valence electrons. The molecule has 0 saturated heterocycles. The van der Waals surface area contributed by atoms with Crippen LogP contribution in [0.4, 0.5) is 5.13 Å². The van der Waals surface area contributed by atoms with E-state index in [1.807, 2.05) is 66.9 Å². The number of benzene rings is 2. The average Bonchev–Trinajstić information content (AvgIpc) is 3.57. The zero-order chi connectivity index (χ0) is 29.4. The molecule has 0 aliphatic carbocycles. The first-order valence-electron chi connectivity index (χ1n) is 13.1. The Balaban J connectivity index is 1.48. The molecule has 0 bridgehead atoms. The standard InChI is InChI=1S/C28H33N7O3S3/c1-6-38-21-14-12-20(13-15-21)35-22(16-29-24(37)18-8-10-19(11-9-18)28(3,4)5)31-33-26(35)40-17-23(36)30-25-32-34-27(41-25)39-7-2/h8-15H,6-7,16-17H2,1-5H3,(H,29,37)(H,30,32,36). The zero-order valence-electron chi connectivity index (χ0n) is 23.6. The molecule has 0 unspecified atom stereocenters. The SMILES string of the molecule is CCOc1ccc(-n2c(CNC(=O)c3ccc(C(C)(C)C)cc3)nnc2SCC(=O)Nc2nnc(SCC)s2)cc1. The van der Waals surface area contributed by atoms with E-state index < -0.39 is 0 Å². The molecule has 10 nitrogen and oxygen atoms in total. The molecule has 2 heterocycles. The molecule has 4 rings (SSSR count). The van der Waals surface area contributed by atoms with Gasteiger partial charge in [0.25, 0.3) is 5.91 Å². The minimum absolute atomic E-state index is 0.00233. The largest absolute Gasteiger partial charge is 0.494 e. The lowest BCUT2D eigenvalue weighted by Gasteiger charge is -2.19. The maximum Gasteiger partial charge on any atom is 0.251 e. The molecule has 2 amide bonds. The van der Waals surface area contributed by atoms with Crippen molar-refractivity contribution >= 4 is 51.8 Å². The van der Waals surface area contributed by atoms with Crippen molar-refractivity contribution in [3.05, 3.63) is 65.5 Å². The van der Waals surface area contributed by atoms with Crippen LogP contribution in [0.2, 0.25) is 0 Å². The molecule has 0 aliphatic heterocycles. The van der Waals surface area contributed by atoms with Gasteiger partial charge in [-0.2, -0.15) is 0 Å². The van der Waals surface area contributed by atoms with Crippen LogP contribution in [-0.4, -0.2) is 54.9 Å². The van der Waals surface area contributed by atoms with Crippen LogP contribution in [0.3, 0.4) is 0 Å². The molecule has 0 fully saturated rings. The van der Waals surface area contributed by atoms with E-state index in [2.05, 4.69) is 51.8 Å². The van der Waals surface area contributed by atoms with Gasteiger partial charge < -0.3 is 10.1 Å². The molecule has 2 N–H and O–H groups in total. The van der Waals surface area contributed by atoms with Crippen molar-refractivity contribution in [2.45, 2.75) is 56.1 Å². The smallest absolute Gasteiger partial charge is 0.251 e. The van der Waals surface area contributed by atoms with Crippen LogP contribution in [0, 0.1) is 0 Å². The van der Waals surface area contributed by atoms with Crippen molar-refractivity contribution in [2.24, 2.45) is 0 Å². The van der Waals surface area contributed by atoms with E-state index >= 15 is 0 Å². The lowest BCUT2D eigenvalue weighted by Crippen LogP contribution is -2.25. The highest BCUT2D eigenvalue weighted by atomic mass is 32.2. The second-order valence-electron chi connectivity index (χ2n) is 9.81. The van der Waals surface area contributed by atoms with Crippen LogP contribution in [0.5, 0.6) is 5.75 Å². The van der Waals surface area contributed by atoms with E-state index in [-0.39, 0.29) is 29.5 Å². The molecule has 13 heteroatoms. The van der Waals surface area contributed by atoms with Gasteiger partial charge in [0.2, 0.25) is 11.0 Å². The molecule has 41 heavy (non-hydrogen) atoms. The van der Waals surface area contributed by atoms with Gasteiger partial charge in [0.1, 0.15) is 5.75 Å². The zero-order valence-corrected chi connectivity index (χ0v) is 26.1. The summed E-state index contributed by atoms with van der Waals surface area (Å²) < 4.78 is 8.22. The van der Waals surface area contributed by atoms with Crippen molar-refractivity contribution in [3.63, 3.8) is 0 Å². The maximum atomic E-state index is 12.9. The van der Waals surface area contributed by atoms with Crippen LogP contribution < -0.4 is 15.4 Å². The Morgan fingerprint density at radius 1 is 0.951 bits per heavy atom. The Morgan fingerprint density at radius 3 is 2.34 bits per heavy atom. The molecule has 2 aromatic heterocycles. The molecule has 0 radical (unpaired) electrons. The van der Waals surface area contributed by atoms with Gasteiger partial charge in [-0.15, -0.1) is 20.4 Å². The van der Waals surface area contributed by atoms with Crippen LogP contribution >= 0.6 is 34.9 Å². The third kappa shape index (κ3) is 8.30. The Bertz CT molecular complexity index is 1460. The second kappa shape index (κ2) is 14.0. The fraction of sp³-hybridized carbons (Fsp3) is 0.357. The predicted molar refractivity (Wildman–Crippen MR) is 165 cm³/mol. The predicted octanol–water partition coefficient (Wildman–Crippen LogP) is 5.59. The molecule has 2 aromatic carbocycles. The lowest BCUT2D eigenvalue weighted by molar-refractivity contribution is -0.113. The Hall–Kier alpha value is -3.42. The molecule has 0 atom stereocenters. The number of amides is 2. The fourth-order valence-corrected chi connectivity index (χ4v) is 6.17. The van der Waals surface area contributed by atoms with Gasteiger partial charge in [-0.3, -0.25) is 19.5 Å². The minimum atomic E-state index is -0.228. The monoisotopic (exact) mass is 611 g/mol. The Morgan fingerprint density at radius 2 is 1.68 bits per heavy atom. The van der Waals surface area contributed by atoms with Gasteiger partial charge in [0, 0.05) is 11.3 Å². The lowest BCUT2D eigenvalue weighted by atomic mass is 9.87. The summed E-state index contributed by atoms with van der Waals surface area (Å²) >= 11 is 4.16. The summed E-state index contributed by atoms with van der Waals surface area (Å²) in [6.45, 7) is 11.1. The number of anilines is 1. The third-order valence-electron chi connectivity index (χ3n) is 5.78. The number of ether oxygens (including phenoxy) is 1. The summed E-state index contributed by atoms with van der Waals surface area (Å²) in [5.74, 6) is 1.81. The first-order chi connectivity index (χ1) is 19.7. The van der Waals surface area contributed by atoms with E-state index in [1.54, 1.807) is 11.8 Å². The summed E-state index contributed by atoms with van der Waals surface area (Å²) in [6.07, 6.45) is 0. The van der Waals surface area contributed by atoms with Gasteiger partial charge in [-0.05, 0) is 60.1 Å². The number of nitrogens with one attached hydrogen (secondary N) is 2. The first kappa shape index (κ1) is 30.5. The topological polar surface area (TPSA) is 124 Å². The van der Waals surface area contributed by atoms with E-state index in [0.29, 0.717) is 28.3 Å². The molecule has 4 aromatic rings. The summed E-state index contributed by atoms with van der Waals surface area (Å²) in [5.41, 5.74) is 2.50. The van der Waals surface area contributed by atoms with Crippen molar-refractivity contribution < 1.29 is 14.3 Å². The van der Waals surface area contributed by atoms with Gasteiger partial charge >= 0.3 is 0 Å². The van der Waals surface area contributed by atoms with Crippen LogP contribution in [0.25, 0.3) is 5.69 Å². The summed E-state index contributed by atoms with van der Waals surface area (Å²) in [6, 6.07) is 15.1. The quantitative estimate of drug-likeness (QED) is 0.156. The van der Waals surface area contributed by atoms with Crippen molar-refractivity contribution in [3.8, 4) is 11.4 Å². The van der Waals surface area contributed by atoms with Gasteiger partial charge in [0.05, 0.1) is 18.9 Å². The Kier molecular flexibility index (Phi) is 10.4. The summed E-state index contributed by atoms with van der Waals surface area (Å²) in [4.78, 5) is 25.6. The number of hydrogen-bond acceptors (Lipinski definition) is 10. The van der Waals surface area contributed by atoms with Crippen LogP contribution in [-0.2, 0) is 16.8 Å². The molecule has 0 spiro atoms. The molecular weight excluding hydrogens is 579 g/mol. The summed E-state index contributed by atoms with van der Waals surface area (Å²) in [7, 11) is 0. The van der Waals surface area contributed by atoms with E-state index in [9.17, 15) is 9.59 Å². The molecular formula is C28H33N7O3S3. The number of thioether (sulfide) groups is 2. The minimum Gasteiger partial charge on any atom is -0.494 e. The number of aromatic nitrogens is 5. The third-order valence-corrected chi connectivity index (χ3v) is 8.56. The average molecular weight is 612 g/mol. The van der Waals surface area contributed by atoms with Gasteiger partial charge in [-0.1, -0.05) is 74.7 Å². The first-order valence-corrected chi connectivity index (χ1v) is 15.9. The Labute approximate surface area is 252 Å². The number of carbonyl (C=O) groups excluding carboxylic acids is 2. The normalized spacial score (nSPS) is 11.3. The summed E-state index contributed by atoms with van der Waals surface area (Å²) in [5, 5.41) is 23.5. The van der Waals surface area contributed by atoms with E-state index in [1.165, 1.54) is 23.1 Å². The number of carbonyl (C=O) groups is 2. The number of rotatable bonds is 12. The second-order valence-corrected chi connectivity index (χ2v) is 13.2. The van der Waals surface area contributed by atoms with Gasteiger partial charge in [-0.25, -0.2) is 0 Å². The maximum absolute atomic E-state index is 12.9. The number of hydrogen-bond donors (Lipinski definition) is 2. The van der Waals surface area contributed by atoms with Crippen LogP contribution in [0.1, 0.15) is 56.4 Å². The van der Waals surface area contributed by atoms with E-state index in [4.69, 9.17) is 4.74 Å². The van der Waals surface area contributed by atoms with E-state index in [0.717, 1.165) is 27.1 Å². The highest BCUT2D eigenvalue weighted by Crippen LogP contribution is 2.27. The number of nitrogens with zero attached hydrogens (tertiary/aromatic N) is 5. The highest BCUT2D eigenvalue weighted by Gasteiger charge is 2.19. The fourth-order valence-electron chi connectivity index (χ4n) is 3.74. The van der Waals surface area contributed by atoms with Crippen molar-refractivity contribution in [2.75, 3.05) is 23.4 Å². The highest BCUT2D eigenvalue weighted by molar-refractivity contribution is 8.01. The molecule has 0 aliphatic rings. The molecule has 0 saturated carbocycles. The van der Waals surface area contributed by atoms with Crippen molar-refractivity contribution in [1.82, 2.24) is 30.3 Å². The van der Waals surface area contributed by atoms with Crippen molar-refractivity contribution in [1.29, 1.82) is 0 Å². The van der Waals surface area contributed by atoms with Crippen LogP contribution in [0.15, 0.2) is 58.0 Å².